The predicted molar refractivity (Wildman–Crippen MR) is 115 cm³/mol. The molecule has 5 nitrogen and oxygen atoms in total. The van der Waals surface area contributed by atoms with E-state index in [1.165, 1.54) is 0 Å². The highest BCUT2D eigenvalue weighted by Crippen LogP contribution is 2.29. The second-order valence-corrected chi connectivity index (χ2v) is 7.07. The van der Waals surface area contributed by atoms with Gasteiger partial charge in [0.2, 0.25) is 5.13 Å². The fourth-order valence-electron chi connectivity index (χ4n) is 2.70. The van der Waals surface area contributed by atoms with Crippen molar-refractivity contribution >= 4 is 32.9 Å². The molecule has 4 aromatic rings. The molecule has 0 atom stereocenters. The van der Waals surface area contributed by atoms with Crippen LogP contribution in [-0.4, -0.2) is 18.3 Å². The average Bonchev–Trinajstić information content (AvgIpc) is 3.16. The van der Waals surface area contributed by atoms with Crippen LogP contribution in [0.2, 0.25) is 0 Å². The Kier molecular flexibility index (Phi) is 5.49. The van der Waals surface area contributed by atoms with Crippen molar-refractivity contribution < 1.29 is 9.47 Å². The number of methoxy groups -OCH3 is 1. The third-order valence-corrected chi connectivity index (χ3v) is 5.03. The molecular formula is C22H19N3O2S. The number of nitrogens with one attached hydrogen (secondary N) is 1. The fraction of sp³-hybridized carbons (Fsp3) is 0.0909. The summed E-state index contributed by atoms with van der Waals surface area (Å²) in [5.74, 6) is 1.36. The van der Waals surface area contributed by atoms with Crippen LogP contribution in [0.25, 0.3) is 10.2 Å². The summed E-state index contributed by atoms with van der Waals surface area (Å²) >= 11 is 1.57. The van der Waals surface area contributed by atoms with Crippen molar-refractivity contribution in [2.75, 3.05) is 12.5 Å². The van der Waals surface area contributed by atoms with Crippen molar-refractivity contribution in [3.05, 3.63) is 83.9 Å². The van der Waals surface area contributed by atoms with E-state index in [1.807, 2.05) is 72.8 Å². The van der Waals surface area contributed by atoms with Crippen LogP contribution in [0.5, 0.6) is 11.5 Å². The second kappa shape index (κ2) is 8.54. The lowest BCUT2D eigenvalue weighted by molar-refractivity contribution is 0.284. The Balaban J connectivity index is 1.42. The molecule has 1 aromatic heterocycles. The van der Waals surface area contributed by atoms with Gasteiger partial charge < -0.3 is 9.47 Å². The van der Waals surface area contributed by atoms with E-state index in [2.05, 4.69) is 15.5 Å². The van der Waals surface area contributed by atoms with E-state index in [9.17, 15) is 0 Å². The highest BCUT2D eigenvalue weighted by molar-refractivity contribution is 7.22. The van der Waals surface area contributed by atoms with E-state index < -0.39 is 0 Å². The molecule has 3 aromatic carbocycles. The largest absolute Gasteiger partial charge is 0.493 e. The van der Waals surface area contributed by atoms with E-state index in [0.717, 1.165) is 26.5 Å². The van der Waals surface area contributed by atoms with Gasteiger partial charge in [0.25, 0.3) is 0 Å². The van der Waals surface area contributed by atoms with Crippen LogP contribution in [0, 0.1) is 0 Å². The van der Waals surface area contributed by atoms with E-state index in [4.69, 9.17) is 9.47 Å². The molecule has 0 aliphatic carbocycles. The van der Waals surface area contributed by atoms with Crippen LogP contribution in [-0.2, 0) is 6.61 Å². The number of hydrazone groups is 1. The van der Waals surface area contributed by atoms with Gasteiger partial charge >= 0.3 is 0 Å². The quantitative estimate of drug-likeness (QED) is 0.343. The number of benzene rings is 3. The molecule has 6 heteroatoms. The number of rotatable bonds is 7. The zero-order valence-electron chi connectivity index (χ0n) is 15.3. The molecule has 0 fully saturated rings. The minimum atomic E-state index is 0.490. The lowest BCUT2D eigenvalue weighted by Gasteiger charge is -2.11. The molecule has 0 saturated carbocycles. The predicted octanol–water partition coefficient (Wildman–Crippen LogP) is 5.33. The maximum atomic E-state index is 5.88. The molecule has 0 amide bonds. The Hall–Kier alpha value is -3.38. The number of hydrogen-bond donors (Lipinski definition) is 1. The molecule has 0 spiro atoms. The van der Waals surface area contributed by atoms with Crippen molar-refractivity contribution in [3.8, 4) is 11.5 Å². The summed E-state index contributed by atoms with van der Waals surface area (Å²) in [6, 6.07) is 23.8. The summed E-state index contributed by atoms with van der Waals surface area (Å²) in [4.78, 5) is 4.49. The first-order valence-corrected chi connectivity index (χ1v) is 9.63. The highest BCUT2D eigenvalue weighted by Gasteiger charge is 2.06. The van der Waals surface area contributed by atoms with Gasteiger partial charge in [-0.1, -0.05) is 53.8 Å². The Bertz CT molecular complexity index is 1060. The molecule has 0 unspecified atom stereocenters. The maximum absolute atomic E-state index is 5.88. The number of fused-ring (bicyclic) bond motifs is 1. The van der Waals surface area contributed by atoms with E-state index in [1.54, 1.807) is 24.7 Å². The average molecular weight is 389 g/mol. The summed E-state index contributed by atoms with van der Waals surface area (Å²) < 4.78 is 12.5. The fourth-order valence-corrected chi connectivity index (χ4v) is 3.52. The molecule has 1 N–H and O–H groups in total. The lowest BCUT2D eigenvalue weighted by Crippen LogP contribution is -1.98. The number of anilines is 1. The van der Waals surface area contributed by atoms with E-state index >= 15 is 0 Å². The number of thiazole rings is 1. The molecule has 1 heterocycles. The molecule has 0 aliphatic rings. The van der Waals surface area contributed by atoms with Crippen LogP contribution in [0.4, 0.5) is 5.13 Å². The summed E-state index contributed by atoms with van der Waals surface area (Å²) in [6.07, 6.45) is 1.73. The van der Waals surface area contributed by atoms with Crippen molar-refractivity contribution in [2.24, 2.45) is 5.10 Å². The molecule has 0 radical (unpaired) electrons. The van der Waals surface area contributed by atoms with E-state index in [0.29, 0.717) is 18.1 Å². The topological polar surface area (TPSA) is 55.7 Å². The first-order chi connectivity index (χ1) is 13.8. The molecule has 0 aliphatic heterocycles. The monoisotopic (exact) mass is 389 g/mol. The van der Waals surface area contributed by atoms with Crippen molar-refractivity contribution in [1.29, 1.82) is 0 Å². The molecular weight excluding hydrogens is 370 g/mol. The van der Waals surface area contributed by atoms with Gasteiger partial charge in [-0.15, -0.1) is 0 Å². The lowest BCUT2D eigenvalue weighted by atomic mass is 10.2. The van der Waals surface area contributed by atoms with Gasteiger partial charge in [0.1, 0.15) is 6.61 Å². The Morgan fingerprint density at radius 1 is 1.00 bits per heavy atom. The molecule has 0 bridgehead atoms. The van der Waals surface area contributed by atoms with Crippen molar-refractivity contribution in [2.45, 2.75) is 6.61 Å². The van der Waals surface area contributed by atoms with Crippen LogP contribution in [0.3, 0.4) is 0 Å². The second-order valence-electron chi connectivity index (χ2n) is 6.04. The summed E-state index contributed by atoms with van der Waals surface area (Å²) in [5.41, 5.74) is 5.96. The standard InChI is InChI=1S/C22H19N3O2S/c1-26-20-13-17(11-12-19(20)27-15-16-7-3-2-4-8-16)14-23-25-22-24-18-9-5-6-10-21(18)28-22/h2-14H,15H2,1H3,(H,24,25)/b23-14+. The van der Waals surface area contributed by atoms with Crippen LogP contribution >= 0.6 is 11.3 Å². The highest BCUT2D eigenvalue weighted by atomic mass is 32.1. The maximum Gasteiger partial charge on any atom is 0.204 e. The number of nitrogens with zero attached hydrogens (tertiary/aromatic N) is 2. The zero-order chi connectivity index (χ0) is 19.2. The number of para-hydroxylation sites is 1. The molecule has 140 valence electrons. The van der Waals surface area contributed by atoms with Gasteiger partial charge in [-0.2, -0.15) is 5.10 Å². The third-order valence-electron chi connectivity index (χ3n) is 4.09. The molecule has 4 rings (SSSR count). The van der Waals surface area contributed by atoms with Crippen molar-refractivity contribution in [3.63, 3.8) is 0 Å². The number of hydrogen-bond acceptors (Lipinski definition) is 6. The van der Waals surface area contributed by atoms with Gasteiger partial charge in [-0.25, -0.2) is 4.98 Å². The third kappa shape index (κ3) is 4.29. The Morgan fingerprint density at radius 3 is 2.64 bits per heavy atom. The van der Waals surface area contributed by atoms with Gasteiger partial charge in [-0.3, -0.25) is 5.43 Å². The van der Waals surface area contributed by atoms with Crippen LogP contribution in [0.15, 0.2) is 77.9 Å². The van der Waals surface area contributed by atoms with Crippen LogP contribution < -0.4 is 14.9 Å². The van der Waals surface area contributed by atoms with Crippen molar-refractivity contribution in [1.82, 2.24) is 4.98 Å². The van der Waals surface area contributed by atoms with Gasteiger partial charge in [-0.05, 0) is 41.5 Å². The minimum Gasteiger partial charge on any atom is -0.493 e. The van der Waals surface area contributed by atoms with Gasteiger partial charge in [0.05, 0.1) is 23.5 Å². The Morgan fingerprint density at radius 2 is 1.82 bits per heavy atom. The van der Waals surface area contributed by atoms with Crippen LogP contribution in [0.1, 0.15) is 11.1 Å². The number of aromatic nitrogens is 1. The smallest absolute Gasteiger partial charge is 0.204 e. The Labute approximate surface area is 167 Å². The summed E-state index contributed by atoms with van der Waals surface area (Å²) in [6.45, 7) is 0.490. The molecule has 0 saturated heterocycles. The van der Waals surface area contributed by atoms with E-state index in [-0.39, 0.29) is 0 Å². The SMILES string of the molecule is COc1cc(/C=N/Nc2nc3ccccc3s2)ccc1OCc1ccccc1. The minimum absolute atomic E-state index is 0.490. The van der Waals surface area contributed by atoms with Gasteiger partial charge in [0, 0.05) is 0 Å². The number of ether oxygens (including phenoxy) is 2. The normalized spacial score (nSPS) is 11.0. The van der Waals surface area contributed by atoms with Gasteiger partial charge in [0.15, 0.2) is 11.5 Å². The zero-order valence-corrected chi connectivity index (χ0v) is 16.1. The molecule has 28 heavy (non-hydrogen) atoms. The first kappa shape index (κ1) is 18.0. The first-order valence-electron chi connectivity index (χ1n) is 8.81. The summed E-state index contributed by atoms with van der Waals surface area (Å²) in [7, 11) is 1.63. The summed E-state index contributed by atoms with van der Waals surface area (Å²) in [5, 5.41) is 5.04.